The molecule has 2 heterocycles. The van der Waals surface area contributed by atoms with Gasteiger partial charge in [0.2, 0.25) is 0 Å². The molecule has 5 heteroatoms. The molecule has 0 aromatic heterocycles. The maximum absolute atomic E-state index is 11.8. The average Bonchev–Trinajstić information content (AvgIpc) is 3.02. The van der Waals surface area contributed by atoms with Crippen LogP contribution in [0.15, 0.2) is 30.3 Å². The predicted octanol–water partition coefficient (Wildman–Crippen LogP) is 2.00. The van der Waals surface area contributed by atoms with Gasteiger partial charge in [0.1, 0.15) is 6.61 Å². The maximum Gasteiger partial charge on any atom is 0.416 e. The molecule has 0 spiro atoms. The summed E-state index contributed by atoms with van der Waals surface area (Å²) in [4.78, 5) is 19.2. The molecule has 1 aromatic carbocycles. The fraction of sp³-hybridized carbons (Fsp3) is 0.462. The van der Waals surface area contributed by atoms with Gasteiger partial charge in [0.25, 0.3) is 0 Å². The van der Waals surface area contributed by atoms with Crippen LogP contribution in [-0.2, 0) is 9.57 Å². The molecule has 0 radical (unpaired) electrons. The van der Waals surface area contributed by atoms with Crippen molar-refractivity contribution in [3.8, 4) is 0 Å². The Labute approximate surface area is 106 Å². The average molecular weight is 248 g/mol. The molecule has 5 nitrogen and oxygen atoms in total. The second kappa shape index (κ2) is 4.96. The lowest BCUT2D eigenvalue weighted by molar-refractivity contribution is -0.181. The van der Waals surface area contributed by atoms with Crippen molar-refractivity contribution in [1.82, 2.24) is 5.06 Å². The summed E-state index contributed by atoms with van der Waals surface area (Å²) in [6, 6.07) is 9.47. The van der Waals surface area contributed by atoms with Crippen LogP contribution in [0.4, 0.5) is 10.5 Å². The van der Waals surface area contributed by atoms with Crippen LogP contribution in [0.25, 0.3) is 0 Å². The highest BCUT2D eigenvalue weighted by Gasteiger charge is 2.37. The number of para-hydroxylation sites is 1. The molecule has 3 rings (SSSR count). The second-order valence-corrected chi connectivity index (χ2v) is 4.48. The Hall–Kier alpha value is -1.59. The number of cyclic esters (lactones) is 1. The van der Waals surface area contributed by atoms with Crippen LogP contribution in [0.1, 0.15) is 12.8 Å². The van der Waals surface area contributed by atoms with E-state index in [1.807, 2.05) is 35.4 Å². The van der Waals surface area contributed by atoms with E-state index in [1.165, 1.54) is 0 Å². The lowest BCUT2D eigenvalue weighted by atomic mass is 10.3. The van der Waals surface area contributed by atoms with Crippen LogP contribution in [0, 0.1) is 0 Å². The standard InChI is InChI=1S/C13H16N2O3/c16-13-15(11-6-2-1-3-7-11)12(10-17-13)18-14-8-4-5-9-14/h1-3,6-7,12H,4-5,8-10H2. The van der Waals surface area contributed by atoms with Crippen molar-refractivity contribution in [2.75, 3.05) is 24.6 Å². The number of ether oxygens (including phenoxy) is 1. The van der Waals surface area contributed by atoms with Crippen molar-refractivity contribution in [2.45, 2.75) is 19.1 Å². The number of amides is 1. The zero-order valence-electron chi connectivity index (χ0n) is 10.1. The number of hydrogen-bond donors (Lipinski definition) is 0. The number of carbonyl (C=O) groups is 1. The Morgan fingerprint density at radius 2 is 1.89 bits per heavy atom. The normalized spacial score (nSPS) is 24.6. The molecule has 0 N–H and O–H groups in total. The minimum absolute atomic E-state index is 0.282. The fourth-order valence-electron chi connectivity index (χ4n) is 2.31. The molecule has 1 amide bonds. The van der Waals surface area contributed by atoms with Crippen LogP contribution >= 0.6 is 0 Å². The first-order valence-electron chi connectivity index (χ1n) is 6.27. The van der Waals surface area contributed by atoms with Gasteiger partial charge in [-0.15, -0.1) is 0 Å². The van der Waals surface area contributed by atoms with Crippen LogP contribution in [0.5, 0.6) is 0 Å². The molecule has 18 heavy (non-hydrogen) atoms. The third kappa shape index (κ3) is 2.19. The number of anilines is 1. The predicted molar refractivity (Wildman–Crippen MR) is 65.9 cm³/mol. The molecule has 1 unspecified atom stereocenters. The Morgan fingerprint density at radius 3 is 2.61 bits per heavy atom. The van der Waals surface area contributed by atoms with Gasteiger partial charge in [-0.2, -0.15) is 5.06 Å². The van der Waals surface area contributed by atoms with Gasteiger partial charge < -0.3 is 4.74 Å². The number of hydrogen-bond acceptors (Lipinski definition) is 4. The molecular formula is C13H16N2O3. The van der Waals surface area contributed by atoms with Gasteiger partial charge in [-0.3, -0.25) is 4.84 Å². The molecule has 2 saturated heterocycles. The van der Waals surface area contributed by atoms with Crippen molar-refractivity contribution in [3.63, 3.8) is 0 Å². The first-order valence-corrected chi connectivity index (χ1v) is 6.27. The minimum Gasteiger partial charge on any atom is -0.444 e. The SMILES string of the molecule is O=C1OCC(ON2CCCC2)N1c1ccccc1. The molecule has 0 bridgehead atoms. The Balaban J connectivity index is 1.75. The summed E-state index contributed by atoms with van der Waals surface area (Å²) in [6.07, 6.45) is 1.60. The van der Waals surface area contributed by atoms with E-state index < -0.39 is 0 Å². The summed E-state index contributed by atoms with van der Waals surface area (Å²) < 4.78 is 5.08. The van der Waals surface area contributed by atoms with Crippen LogP contribution < -0.4 is 4.90 Å². The van der Waals surface area contributed by atoms with Gasteiger partial charge in [0.15, 0.2) is 6.23 Å². The smallest absolute Gasteiger partial charge is 0.416 e. The summed E-state index contributed by atoms with van der Waals surface area (Å²) in [5.41, 5.74) is 0.809. The zero-order valence-corrected chi connectivity index (χ0v) is 10.1. The molecule has 0 saturated carbocycles. The summed E-state index contributed by atoms with van der Waals surface area (Å²) in [5.74, 6) is 0. The van der Waals surface area contributed by atoms with Crippen LogP contribution in [-0.4, -0.2) is 37.1 Å². The van der Waals surface area contributed by atoms with Crippen molar-refractivity contribution in [1.29, 1.82) is 0 Å². The van der Waals surface area contributed by atoms with Crippen molar-refractivity contribution >= 4 is 11.8 Å². The van der Waals surface area contributed by atoms with Gasteiger partial charge in [-0.1, -0.05) is 18.2 Å². The maximum atomic E-state index is 11.8. The third-order valence-electron chi connectivity index (χ3n) is 3.20. The molecular weight excluding hydrogens is 232 g/mol. The molecule has 96 valence electrons. The van der Waals surface area contributed by atoms with E-state index in [9.17, 15) is 4.79 Å². The molecule has 2 aliphatic heterocycles. The lowest BCUT2D eigenvalue weighted by Gasteiger charge is -2.25. The third-order valence-corrected chi connectivity index (χ3v) is 3.20. The van der Waals surface area contributed by atoms with E-state index in [2.05, 4.69) is 0 Å². The van der Waals surface area contributed by atoms with Crippen LogP contribution in [0.2, 0.25) is 0 Å². The summed E-state index contributed by atoms with van der Waals surface area (Å²) >= 11 is 0. The first kappa shape index (κ1) is 11.5. The van der Waals surface area contributed by atoms with Gasteiger partial charge in [0.05, 0.1) is 0 Å². The molecule has 0 aliphatic carbocycles. The first-order chi connectivity index (χ1) is 8.84. The summed E-state index contributed by atoms with van der Waals surface area (Å²) in [7, 11) is 0. The number of nitrogens with zero attached hydrogens (tertiary/aromatic N) is 2. The van der Waals surface area contributed by atoms with Gasteiger partial charge in [-0.25, -0.2) is 9.69 Å². The Bertz CT molecular complexity index is 418. The Morgan fingerprint density at radius 1 is 1.17 bits per heavy atom. The summed E-state index contributed by atoms with van der Waals surface area (Å²) in [5, 5.41) is 1.92. The van der Waals surface area contributed by atoms with E-state index in [1.54, 1.807) is 4.90 Å². The summed E-state index contributed by atoms with van der Waals surface area (Å²) in [6.45, 7) is 2.13. The minimum atomic E-state index is -0.349. The fourth-order valence-corrected chi connectivity index (χ4v) is 2.31. The highest BCUT2D eigenvalue weighted by Crippen LogP contribution is 2.24. The highest BCUT2D eigenvalue weighted by atomic mass is 16.7. The monoisotopic (exact) mass is 248 g/mol. The van der Waals surface area contributed by atoms with E-state index in [0.29, 0.717) is 0 Å². The quantitative estimate of drug-likeness (QED) is 0.820. The van der Waals surface area contributed by atoms with Gasteiger partial charge in [-0.05, 0) is 25.0 Å². The van der Waals surface area contributed by atoms with E-state index in [-0.39, 0.29) is 18.9 Å². The van der Waals surface area contributed by atoms with Gasteiger partial charge >= 0.3 is 6.09 Å². The largest absolute Gasteiger partial charge is 0.444 e. The van der Waals surface area contributed by atoms with Crippen LogP contribution in [0.3, 0.4) is 0 Å². The van der Waals surface area contributed by atoms with E-state index in [0.717, 1.165) is 31.6 Å². The number of benzene rings is 1. The topological polar surface area (TPSA) is 42.0 Å². The van der Waals surface area contributed by atoms with Crippen molar-refractivity contribution in [2.24, 2.45) is 0 Å². The number of rotatable bonds is 3. The van der Waals surface area contributed by atoms with E-state index >= 15 is 0 Å². The number of carbonyl (C=O) groups excluding carboxylic acids is 1. The molecule has 2 aliphatic rings. The zero-order chi connectivity index (χ0) is 12.4. The Kier molecular flexibility index (Phi) is 3.17. The van der Waals surface area contributed by atoms with Crippen molar-refractivity contribution < 1.29 is 14.4 Å². The molecule has 1 atom stereocenters. The molecule has 2 fully saturated rings. The number of hydroxylamine groups is 2. The second-order valence-electron chi connectivity index (χ2n) is 4.48. The highest BCUT2D eigenvalue weighted by molar-refractivity contribution is 5.89. The lowest BCUT2D eigenvalue weighted by Crippen LogP contribution is -2.40. The van der Waals surface area contributed by atoms with Crippen molar-refractivity contribution in [3.05, 3.63) is 30.3 Å². The van der Waals surface area contributed by atoms with Gasteiger partial charge in [0, 0.05) is 18.8 Å². The molecule has 1 aromatic rings. The van der Waals surface area contributed by atoms with E-state index in [4.69, 9.17) is 9.57 Å².